The summed E-state index contributed by atoms with van der Waals surface area (Å²) >= 11 is 0. The van der Waals surface area contributed by atoms with Crippen LogP contribution >= 0.6 is 0 Å². The molecule has 1 unspecified atom stereocenters. The van der Waals surface area contributed by atoms with Crippen molar-refractivity contribution in [2.45, 2.75) is 27.7 Å². The second kappa shape index (κ2) is 4.26. The molecule has 72 valence electrons. The predicted molar refractivity (Wildman–Crippen MR) is 55.7 cm³/mol. The van der Waals surface area contributed by atoms with Gasteiger partial charge in [0.15, 0.2) is 5.90 Å². The van der Waals surface area contributed by atoms with Crippen molar-refractivity contribution in [3.63, 3.8) is 0 Å². The molecule has 2 heteroatoms. The summed E-state index contributed by atoms with van der Waals surface area (Å²) in [6.07, 6.45) is 4.24. The van der Waals surface area contributed by atoms with Crippen molar-refractivity contribution in [2.75, 3.05) is 6.61 Å². The summed E-state index contributed by atoms with van der Waals surface area (Å²) in [5.74, 6) is 1.11. The molecule has 1 aliphatic rings. The van der Waals surface area contributed by atoms with E-state index in [2.05, 4.69) is 31.0 Å². The van der Waals surface area contributed by atoms with Crippen molar-refractivity contribution >= 4 is 5.90 Å². The summed E-state index contributed by atoms with van der Waals surface area (Å²) in [6, 6.07) is 0. The van der Waals surface area contributed by atoms with Gasteiger partial charge >= 0.3 is 0 Å². The van der Waals surface area contributed by atoms with E-state index in [1.165, 1.54) is 5.57 Å². The first kappa shape index (κ1) is 10.0. The highest BCUT2D eigenvalue weighted by atomic mass is 16.5. The van der Waals surface area contributed by atoms with E-state index in [0.717, 1.165) is 11.6 Å². The van der Waals surface area contributed by atoms with Gasteiger partial charge in [-0.15, -0.1) is 0 Å². The third-order valence-corrected chi connectivity index (χ3v) is 1.92. The molecule has 1 aliphatic heterocycles. The number of aliphatic imine (C=N–C) groups is 1. The van der Waals surface area contributed by atoms with Crippen LogP contribution in [0.2, 0.25) is 0 Å². The van der Waals surface area contributed by atoms with Gasteiger partial charge in [-0.05, 0) is 26.8 Å². The first-order valence-corrected chi connectivity index (χ1v) is 4.71. The molecule has 0 N–H and O–H groups in total. The zero-order valence-electron chi connectivity index (χ0n) is 8.79. The van der Waals surface area contributed by atoms with Crippen LogP contribution in [0.3, 0.4) is 0 Å². The average molecular weight is 179 g/mol. The Balaban J connectivity index is 2.90. The molecule has 13 heavy (non-hydrogen) atoms. The van der Waals surface area contributed by atoms with Crippen LogP contribution in [0.1, 0.15) is 27.7 Å². The van der Waals surface area contributed by atoms with Gasteiger partial charge < -0.3 is 4.74 Å². The van der Waals surface area contributed by atoms with Gasteiger partial charge in [0, 0.05) is 5.70 Å². The molecule has 0 bridgehead atoms. The molecule has 0 aliphatic carbocycles. The van der Waals surface area contributed by atoms with E-state index in [9.17, 15) is 0 Å². The van der Waals surface area contributed by atoms with Crippen LogP contribution in [0.15, 0.2) is 28.4 Å². The number of allylic oxidation sites excluding steroid dienone is 3. The zero-order valence-corrected chi connectivity index (χ0v) is 8.79. The van der Waals surface area contributed by atoms with Crippen molar-refractivity contribution in [3.8, 4) is 0 Å². The quantitative estimate of drug-likeness (QED) is 0.606. The molecule has 1 atom stereocenters. The van der Waals surface area contributed by atoms with Crippen LogP contribution in [-0.2, 0) is 4.74 Å². The van der Waals surface area contributed by atoms with Crippen LogP contribution in [0.25, 0.3) is 0 Å². The van der Waals surface area contributed by atoms with E-state index in [1.54, 1.807) is 0 Å². The van der Waals surface area contributed by atoms with Crippen molar-refractivity contribution in [3.05, 3.63) is 23.4 Å². The van der Waals surface area contributed by atoms with Gasteiger partial charge in [-0.1, -0.05) is 18.6 Å². The van der Waals surface area contributed by atoms with Gasteiger partial charge in [-0.3, -0.25) is 0 Å². The fraction of sp³-hybridized carbons (Fsp3) is 0.545. The smallest absolute Gasteiger partial charge is 0.194 e. The van der Waals surface area contributed by atoms with E-state index in [4.69, 9.17) is 4.74 Å². The summed E-state index contributed by atoms with van der Waals surface area (Å²) in [7, 11) is 0. The number of rotatable bonds is 1. The highest BCUT2D eigenvalue weighted by molar-refractivity contribution is 5.82. The van der Waals surface area contributed by atoms with Gasteiger partial charge in [-0.2, -0.15) is 0 Å². The minimum atomic E-state index is 0.286. The predicted octanol–water partition coefficient (Wildman–Crippen LogP) is 2.92. The second-order valence-electron chi connectivity index (χ2n) is 3.37. The number of nitrogens with zero attached hydrogens (tertiary/aromatic N) is 1. The first-order valence-electron chi connectivity index (χ1n) is 4.71. The molecule has 0 aromatic heterocycles. The van der Waals surface area contributed by atoms with Crippen molar-refractivity contribution in [1.29, 1.82) is 0 Å². The summed E-state index contributed by atoms with van der Waals surface area (Å²) in [4.78, 5) is 4.40. The minimum absolute atomic E-state index is 0.286. The molecule has 0 amide bonds. The van der Waals surface area contributed by atoms with Crippen molar-refractivity contribution < 1.29 is 4.74 Å². The standard InChI is InChI=1S/C11H17NO/c1-5-13-11-9(3)6-8(2)7-10(4)12-11/h6-7,9H,5H2,1-4H3. The second-order valence-corrected chi connectivity index (χ2v) is 3.37. The lowest BCUT2D eigenvalue weighted by Gasteiger charge is -2.10. The summed E-state index contributed by atoms with van der Waals surface area (Å²) in [5, 5.41) is 0. The molecule has 0 radical (unpaired) electrons. The Kier molecular flexibility index (Phi) is 3.29. The molecule has 2 nitrogen and oxygen atoms in total. The summed E-state index contributed by atoms with van der Waals surface area (Å²) < 4.78 is 5.46. The number of hydrogen-bond acceptors (Lipinski definition) is 2. The van der Waals surface area contributed by atoms with Crippen LogP contribution in [0.4, 0.5) is 0 Å². The maximum atomic E-state index is 5.46. The molecule has 0 aromatic carbocycles. The Morgan fingerprint density at radius 2 is 2.15 bits per heavy atom. The largest absolute Gasteiger partial charge is 0.481 e. The fourth-order valence-corrected chi connectivity index (χ4v) is 1.46. The summed E-state index contributed by atoms with van der Waals surface area (Å²) in [6.45, 7) is 8.85. The van der Waals surface area contributed by atoms with Crippen LogP contribution < -0.4 is 0 Å². The number of hydrogen-bond donors (Lipinski definition) is 0. The normalized spacial score (nSPS) is 22.8. The maximum Gasteiger partial charge on any atom is 0.194 e. The number of ether oxygens (including phenoxy) is 1. The molecule has 1 rings (SSSR count). The monoisotopic (exact) mass is 179 g/mol. The SMILES string of the molecule is CCOC1=NC(C)=CC(C)=CC1C. The fourth-order valence-electron chi connectivity index (χ4n) is 1.46. The van der Waals surface area contributed by atoms with Crippen LogP contribution in [0, 0.1) is 5.92 Å². The van der Waals surface area contributed by atoms with Crippen molar-refractivity contribution in [1.82, 2.24) is 0 Å². The van der Waals surface area contributed by atoms with Crippen LogP contribution in [0.5, 0.6) is 0 Å². The highest BCUT2D eigenvalue weighted by Crippen LogP contribution is 2.15. The molecular formula is C11H17NO. The maximum absolute atomic E-state index is 5.46. The third kappa shape index (κ3) is 2.72. The van der Waals surface area contributed by atoms with Gasteiger partial charge in [0.25, 0.3) is 0 Å². The summed E-state index contributed by atoms with van der Waals surface area (Å²) in [5.41, 5.74) is 2.27. The molecule has 0 aromatic rings. The Labute approximate surface area is 80.0 Å². The van der Waals surface area contributed by atoms with E-state index in [1.807, 2.05) is 13.8 Å². The minimum Gasteiger partial charge on any atom is -0.481 e. The lowest BCUT2D eigenvalue weighted by atomic mass is 10.1. The van der Waals surface area contributed by atoms with Gasteiger partial charge in [-0.25, -0.2) is 4.99 Å². The third-order valence-electron chi connectivity index (χ3n) is 1.92. The van der Waals surface area contributed by atoms with Gasteiger partial charge in [0.05, 0.1) is 12.5 Å². The topological polar surface area (TPSA) is 21.6 Å². The molecule has 0 saturated heterocycles. The Hall–Kier alpha value is -1.05. The Morgan fingerprint density at radius 1 is 1.46 bits per heavy atom. The lowest BCUT2D eigenvalue weighted by molar-refractivity contribution is 0.310. The van der Waals surface area contributed by atoms with E-state index < -0.39 is 0 Å². The first-order chi connectivity index (χ1) is 6.13. The molecule has 0 spiro atoms. The zero-order chi connectivity index (χ0) is 9.84. The van der Waals surface area contributed by atoms with E-state index >= 15 is 0 Å². The van der Waals surface area contributed by atoms with Crippen LogP contribution in [-0.4, -0.2) is 12.5 Å². The average Bonchev–Trinajstić information content (AvgIpc) is 2.12. The lowest BCUT2D eigenvalue weighted by Crippen LogP contribution is -2.13. The molecular weight excluding hydrogens is 162 g/mol. The van der Waals surface area contributed by atoms with E-state index in [0.29, 0.717) is 6.61 Å². The Morgan fingerprint density at radius 3 is 2.77 bits per heavy atom. The molecule has 0 fully saturated rings. The van der Waals surface area contributed by atoms with Gasteiger partial charge in [0.2, 0.25) is 0 Å². The van der Waals surface area contributed by atoms with Crippen molar-refractivity contribution in [2.24, 2.45) is 10.9 Å². The molecule has 1 heterocycles. The van der Waals surface area contributed by atoms with E-state index in [-0.39, 0.29) is 5.92 Å². The highest BCUT2D eigenvalue weighted by Gasteiger charge is 2.11. The molecule has 0 saturated carbocycles. The Bertz CT molecular complexity index is 274. The van der Waals surface area contributed by atoms with Gasteiger partial charge in [0.1, 0.15) is 0 Å².